The van der Waals surface area contributed by atoms with Gasteiger partial charge in [-0.2, -0.15) is 0 Å². The van der Waals surface area contributed by atoms with Crippen molar-refractivity contribution in [2.45, 2.75) is 0 Å². The minimum absolute atomic E-state index is 0.0330. The average Bonchev–Trinajstić information content (AvgIpc) is 2.47. The van der Waals surface area contributed by atoms with Gasteiger partial charge in [0.05, 0.1) is 0 Å². The highest BCUT2D eigenvalue weighted by Crippen LogP contribution is 2.29. The number of aromatic nitrogens is 1. The summed E-state index contributed by atoms with van der Waals surface area (Å²) < 4.78 is 6.82. The third kappa shape index (κ3) is 2.97. The highest BCUT2D eigenvalue weighted by Gasteiger charge is 2.12. The van der Waals surface area contributed by atoms with E-state index in [9.17, 15) is 4.79 Å². The highest BCUT2D eigenvalue weighted by molar-refractivity contribution is 14.1. The summed E-state index contributed by atoms with van der Waals surface area (Å²) in [6.45, 7) is 0. The van der Waals surface area contributed by atoms with Gasteiger partial charge in [-0.15, -0.1) is 0 Å². The number of carbonyl (C=O) groups is 1. The van der Waals surface area contributed by atoms with Crippen molar-refractivity contribution in [2.75, 3.05) is 0 Å². The minimum atomic E-state index is -1.08. The van der Waals surface area contributed by atoms with Crippen molar-refractivity contribution in [3.8, 4) is 11.6 Å². The molecular weight excluding hydrogens is 381 g/mol. The van der Waals surface area contributed by atoms with E-state index >= 15 is 0 Å². The number of pyridine rings is 1. The standard InChI is InChI=1S/C16H10INO3/c17-11-5-3-6-12(9-11)21-15-13-7-2-1-4-10(13)8-14(18-15)16(19)20/h1-9H,(H,19,20). The normalized spacial score (nSPS) is 10.5. The van der Waals surface area contributed by atoms with Crippen LogP contribution in [0.4, 0.5) is 0 Å². The minimum Gasteiger partial charge on any atom is -0.477 e. The zero-order valence-corrected chi connectivity index (χ0v) is 12.9. The van der Waals surface area contributed by atoms with Crippen LogP contribution in [-0.4, -0.2) is 16.1 Å². The number of carboxylic acid groups (broad SMARTS) is 1. The number of aromatic carboxylic acids is 1. The van der Waals surface area contributed by atoms with Crippen LogP contribution in [-0.2, 0) is 0 Å². The largest absolute Gasteiger partial charge is 0.477 e. The molecule has 3 rings (SSSR count). The lowest BCUT2D eigenvalue weighted by atomic mass is 10.1. The summed E-state index contributed by atoms with van der Waals surface area (Å²) in [4.78, 5) is 15.3. The predicted molar refractivity (Wildman–Crippen MR) is 87.9 cm³/mol. The molecule has 0 fully saturated rings. The van der Waals surface area contributed by atoms with E-state index in [1.54, 1.807) is 6.07 Å². The number of hydrogen-bond acceptors (Lipinski definition) is 3. The first kappa shape index (κ1) is 13.8. The van der Waals surface area contributed by atoms with E-state index in [0.717, 1.165) is 14.3 Å². The molecule has 0 saturated carbocycles. The molecule has 0 aliphatic heterocycles. The van der Waals surface area contributed by atoms with Gasteiger partial charge in [-0.25, -0.2) is 9.78 Å². The van der Waals surface area contributed by atoms with E-state index in [1.165, 1.54) is 0 Å². The molecule has 0 aliphatic carbocycles. The van der Waals surface area contributed by atoms with E-state index in [4.69, 9.17) is 9.84 Å². The highest BCUT2D eigenvalue weighted by atomic mass is 127. The van der Waals surface area contributed by atoms with Crippen molar-refractivity contribution in [1.82, 2.24) is 4.98 Å². The van der Waals surface area contributed by atoms with Gasteiger partial charge in [-0.05, 0) is 58.3 Å². The summed E-state index contributed by atoms with van der Waals surface area (Å²) in [6.07, 6.45) is 0. The van der Waals surface area contributed by atoms with Crippen LogP contribution in [0.5, 0.6) is 11.6 Å². The summed E-state index contributed by atoms with van der Waals surface area (Å²) in [5.41, 5.74) is -0.0330. The van der Waals surface area contributed by atoms with Crippen molar-refractivity contribution in [1.29, 1.82) is 0 Å². The Bertz CT molecular complexity index is 833. The van der Waals surface area contributed by atoms with Crippen LogP contribution in [0.1, 0.15) is 10.5 Å². The van der Waals surface area contributed by atoms with Gasteiger partial charge in [0.1, 0.15) is 5.75 Å². The number of fused-ring (bicyclic) bond motifs is 1. The van der Waals surface area contributed by atoms with E-state index in [2.05, 4.69) is 27.6 Å². The Morgan fingerprint density at radius 3 is 2.67 bits per heavy atom. The molecule has 104 valence electrons. The van der Waals surface area contributed by atoms with Crippen molar-refractivity contribution >= 4 is 39.3 Å². The Labute approximate surface area is 134 Å². The summed E-state index contributed by atoms with van der Waals surface area (Å²) in [7, 11) is 0. The van der Waals surface area contributed by atoms with Gasteiger partial charge in [0.25, 0.3) is 0 Å². The van der Waals surface area contributed by atoms with Gasteiger partial charge in [-0.3, -0.25) is 0 Å². The number of rotatable bonds is 3. The van der Waals surface area contributed by atoms with Gasteiger partial charge >= 0.3 is 5.97 Å². The zero-order chi connectivity index (χ0) is 14.8. The molecule has 0 bridgehead atoms. The Morgan fingerprint density at radius 2 is 1.90 bits per heavy atom. The third-order valence-electron chi connectivity index (χ3n) is 2.94. The lowest BCUT2D eigenvalue weighted by molar-refractivity contribution is 0.0690. The second-order valence-corrected chi connectivity index (χ2v) is 5.64. The molecule has 5 heteroatoms. The van der Waals surface area contributed by atoms with Crippen molar-refractivity contribution < 1.29 is 14.6 Å². The second-order valence-electron chi connectivity index (χ2n) is 4.40. The van der Waals surface area contributed by atoms with Gasteiger partial charge in [0, 0.05) is 8.96 Å². The molecule has 0 unspecified atom stereocenters. The van der Waals surface area contributed by atoms with Crippen molar-refractivity contribution in [2.24, 2.45) is 0 Å². The molecule has 0 saturated heterocycles. The molecular formula is C16H10INO3. The number of ether oxygens (including phenoxy) is 1. The first-order valence-corrected chi connectivity index (χ1v) is 7.28. The Balaban J connectivity index is 2.13. The predicted octanol–water partition coefficient (Wildman–Crippen LogP) is 4.33. The summed E-state index contributed by atoms with van der Waals surface area (Å²) in [5, 5.41) is 10.7. The maximum absolute atomic E-state index is 11.2. The number of benzene rings is 2. The van der Waals surface area contributed by atoms with Crippen LogP contribution in [0, 0.1) is 3.57 Å². The van der Waals surface area contributed by atoms with Crippen LogP contribution < -0.4 is 4.74 Å². The molecule has 0 atom stereocenters. The molecule has 1 aromatic heterocycles. The quantitative estimate of drug-likeness (QED) is 0.676. The molecule has 0 spiro atoms. The fourth-order valence-electron chi connectivity index (χ4n) is 2.00. The number of halogens is 1. The molecule has 1 heterocycles. The first-order chi connectivity index (χ1) is 10.1. The van der Waals surface area contributed by atoms with Crippen LogP contribution in [0.25, 0.3) is 10.8 Å². The lowest BCUT2D eigenvalue weighted by Crippen LogP contribution is -2.02. The summed E-state index contributed by atoms with van der Waals surface area (Å²) in [6, 6.07) is 16.5. The number of carboxylic acids is 1. The van der Waals surface area contributed by atoms with Gasteiger partial charge in [0.15, 0.2) is 5.69 Å². The average molecular weight is 391 g/mol. The van der Waals surface area contributed by atoms with Gasteiger partial charge < -0.3 is 9.84 Å². The van der Waals surface area contributed by atoms with Crippen molar-refractivity contribution in [3.63, 3.8) is 0 Å². The van der Waals surface area contributed by atoms with E-state index < -0.39 is 5.97 Å². The topological polar surface area (TPSA) is 59.4 Å². The first-order valence-electron chi connectivity index (χ1n) is 6.20. The fraction of sp³-hybridized carbons (Fsp3) is 0. The van der Waals surface area contributed by atoms with E-state index in [1.807, 2.05) is 48.5 Å². The maximum Gasteiger partial charge on any atom is 0.354 e. The van der Waals surface area contributed by atoms with Crippen LogP contribution in [0.15, 0.2) is 54.6 Å². The molecule has 0 amide bonds. The fourth-order valence-corrected chi connectivity index (χ4v) is 2.51. The summed E-state index contributed by atoms with van der Waals surface area (Å²) in [5.74, 6) is -0.150. The van der Waals surface area contributed by atoms with Crippen LogP contribution in [0.3, 0.4) is 0 Å². The number of hydrogen-bond donors (Lipinski definition) is 1. The molecule has 4 nitrogen and oxygen atoms in total. The van der Waals surface area contributed by atoms with Gasteiger partial charge in [-0.1, -0.05) is 24.3 Å². The lowest BCUT2D eigenvalue weighted by Gasteiger charge is -2.09. The summed E-state index contributed by atoms with van der Waals surface area (Å²) >= 11 is 2.19. The van der Waals surface area contributed by atoms with Crippen LogP contribution >= 0.6 is 22.6 Å². The molecule has 0 aliphatic rings. The van der Waals surface area contributed by atoms with Crippen LogP contribution in [0.2, 0.25) is 0 Å². The monoisotopic (exact) mass is 391 g/mol. The molecule has 1 N–H and O–H groups in total. The Morgan fingerprint density at radius 1 is 1.10 bits per heavy atom. The maximum atomic E-state index is 11.2. The van der Waals surface area contributed by atoms with E-state index in [-0.39, 0.29) is 5.69 Å². The Kier molecular flexibility index (Phi) is 3.74. The zero-order valence-electron chi connectivity index (χ0n) is 10.8. The molecule has 0 radical (unpaired) electrons. The van der Waals surface area contributed by atoms with E-state index in [0.29, 0.717) is 11.6 Å². The van der Waals surface area contributed by atoms with Gasteiger partial charge in [0.2, 0.25) is 5.88 Å². The third-order valence-corrected chi connectivity index (χ3v) is 3.61. The molecule has 2 aromatic carbocycles. The number of nitrogens with zero attached hydrogens (tertiary/aromatic N) is 1. The SMILES string of the molecule is O=C(O)c1cc2ccccc2c(Oc2cccc(I)c2)n1. The second kappa shape index (κ2) is 5.69. The molecule has 3 aromatic rings. The Hall–Kier alpha value is -2.15. The smallest absolute Gasteiger partial charge is 0.354 e. The molecule has 21 heavy (non-hydrogen) atoms. The van der Waals surface area contributed by atoms with Crippen molar-refractivity contribution in [3.05, 3.63) is 63.9 Å².